The Morgan fingerprint density at radius 1 is 1.12 bits per heavy atom. The maximum Gasteiger partial charge on any atom is 0.287 e. The van der Waals surface area contributed by atoms with E-state index in [1.807, 2.05) is 56.3 Å². The first-order chi connectivity index (χ1) is 11.6. The highest BCUT2D eigenvalue weighted by molar-refractivity contribution is 5.99. The fourth-order valence-corrected chi connectivity index (χ4v) is 2.92. The van der Waals surface area contributed by atoms with Crippen LogP contribution in [0, 0.1) is 6.92 Å². The van der Waals surface area contributed by atoms with Crippen LogP contribution in [0.1, 0.15) is 34.6 Å². The molecule has 1 aliphatic rings. The third-order valence-corrected chi connectivity index (χ3v) is 4.29. The van der Waals surface area contributed by atoms with Gasteiger partial charge < -0.3 is 19.2 Å². The summed E-state index contributed by atoms with van der Waals surface area (Å²) in [6.45, 7) is 4.05. The molecular weight excluding hydrogens is 306 g/mol. The van der Waals surface area contributed by atoms with Gasteiger partial charge in [0.15, 0.2) is 17.3 Å². The van der Waals surface area contributed by atoms with Crippen molar-refractivity contribution in [3.05, 3.63) is 59.4 Å². The minimum Gasteiger partial charge on any atom is -0.454 e. The molecule has 0 radical (unpaired) electrons. The minimum atomic E-state index is -0.228. The Morgan fingerprint density at radius 3 is 2.75 bits per heavy atom. The van der Waals surface area contributed by atoms with E-state index >= 15 is 0 Å². The van der Waals surface area contributed by atoms with Gasteiger partial charge in [0.2, 0.25) is 6.79 Å². The van der Waals surface area contributed by atoms with Gasteiger partial charge in [-0.3, -0.25) is 4.79 Å². The molecule has 122 valence electrons. The summed E-state index contributed by atoms with van der Waals surface area (Å²) in [5.74, 6) is 1.55. The molecule has 5 heteroatoms. The van der Waals surface area contributed by atoms with Crippen molar-refractivity contribution >= 4 is 16.9 Å². The summed E-state index contributed by atoms with van der Waals surface area (Å²) in [4.78, 5) is 12.6. The van der Waals surface area contributed by atoms with Crippen LogP contribution in [0.25, 0.3) is 11.0 Å². The Balaban J connectivity index is 1.57. The molecule has 1 N–H and O–H groups in total. The molecule has 3 aromatic rings. The molecule has 0 saturated carbocycles. The number of ether oxygens (including phenoxy) is 2. The first-order valence-electron chi connectivity index (χ1n) is 7.82. The van der Waals surface area contributed by atoms with Crippen molar-refractivity contribution < 1.29 is 18.7 Å². The SMILES string of the molecule is Cc1c(C(=O)N[C@H](C)c2ccc3c(c2)OCO3)oc2ccccc12. The zero-order valence-electron chi connectivity index (χ0n) is 13.5. The molecule has 4 rings (SSSR count). The van der Waals surface area contributed by atoms with Crippen molar-refractivity contribution in [3.63, 3.8) is 0 Å². The summed E-state index contributed by atoms with van der Waals surface area (Å²) < 4.78 is 16.4. The molecule has 0 bridgehead atoms. The Labute approximate surface area is 139 Å². The number of aryl methyl sites for hydroxylation is 1. The summed E-state index contributed by atoms with van der Waals surface area (Å²) in [6.07, 6.45) is 0. The minimum absolute atomic E-state index is 0.181. The zero-order chi connectivity index (χ0) is 16.7. The molecule has 2 aromatic carbocycles. The van der Waals surface area contributed by atoms with Crippen LogP contribution in [0.4, 0.5) is 0 Å². The van der Waals surface area contributed by atoms with Gasteiger partial charge in [0.1, 0.15) is 5.58 Å². The van der Waals surface area contributed by atoms with E-state index in [1.165, 1.54) is 0 Å². The molecule has 0 spiro atoms. The highest BCUT2D eigenvalue weighted by Gasteiger charge is 2.21. The predicted molar refractivity (Wildman–Crippen MR) is 89.4 cm³/mol. The van der Waals surface area contributed by atoms with Gasteiger partial charge >= 0.3 is 0 Å². The Morgan fingerprint density at radius 2 is 1.92 bits per heavy atom. The fraction of sp³-hybridized carbons (Fsp3) is 0.211. The second-order valence-electron chi connectivity index (χ2n) is 5.86. The van der Waals surface area contributed by atoms with Gasteiger partial charge in [0, 0.05) is 10.9 Å². The molecule has 1 aromatic heterocycles. The van der Waals surface area contributed by atoms with E-state index in [0.717, 1.165) is 27.8 Å². The van der Waals surface area contributed by atoms with Crippen molar-refractivity contribution in [1.29, 1.82) is 0 Å². The molecule has 5 nitrogen and oxygen atoms in total. The lowest BCUT2D eigenvalue weighted by Gasteiger charge is -2.14. The fourth-order valence-electron chi connectivity index (χ4n) is 2.92. The van der Waals surface area contributed by atoms with Crippen LogP contribution in [-0.2, 0) is 0 Å². The average Bonchev–Trinajstić information content (AvgIpc) is 3.19. The number of fused-ring (bicyclic) bond motifs is 2. The largest absolute Gasteiger partial charge is 0.454 e. The molecule has 1 amide bonds. The maximum atomic E-state index is 12.6. The normalized spacial score (nSPS) is 13.9. The Kier molecular flexibility index (Phi) is 3.41. The van der Waals surface area contributed by atoms with Gasteiger partial charge in [-0.2, -0.15) is 0 Å². The number of hydrogen-bond acceptors (Lipinski definition) is 4. The average molecular weight is 323 g/mol. The lowest BCUT2D eigenvalue weighted by molar-refractivity contribution is 0.0913. The van der Waals surface area contributed by atoms with Gasteiger partial charge in [0.05, 0.1) is 6.04 Å². The van der Waals surface area contributed by atoms with Crippen LogP contribution >= 0.6 is 0 Å². The monoisotopic (exact) mass is 323 g/mol. The van der Waals surface area contributed by atoms with E-state index in [2.05, 4.69) is 5.32 Å². The van der Waals surface area contributed by atoms with Crippen molar-refractivity contribution in [3.8, 4) is 11.5 Å². The van der Waals surface area contributed by atoms with Crippen LogP contribution in [-0.4, -0.2) is 12.7 Å². The quantitative estimate of drug-likeness (QED) is 0.792. The molecular formula is C19H17NO4. The van der Waals surface area contributed by atoms with Gasteiger partial charge in [-0.1, -0.05) is 24.3 Å². The molecule has 24 heavy (non-hydrogen) atoms. The molecule has 1 atom stereocenters. The van der Waals surface area contributed by atoms with E-state index in [0.29, 0.717) is 11.5 Å². The molecule has 2 heterocycles. The van der Waals surface area contributed by atoms with Crippen molar-refractivity contribution in [2.45, 2.75) is 19.9 Å². The van der Waals surface area contributed by atoms with Crippen LogP contribution < -0.4 is 14.8 Å². The van der Waals surface area contributed by atoms with Crippen LogP contribution in [0.2, 0.25) is 0 Å². The number of furan rings is 1. The van der Waals surface area contributed by atoms with E-state index < -0.39 is 0 Å². The van der Waals surface area contributed by atoms with Gasteiger partial charge in [-0.05, 0) is 37.6 Å². The van der Waals surface area contributed by atoms with Crippen molar-refractivity contribution in [2.24, 2.45) is 0 Å². The third kappa shape index (κ3) is 2.38. The van der Waals surface area contributed by atoms with Crippen molar-refractivity contribution in [2.75, 3.05) is 6.79 Å². The standard InChI is InChI=1S/C19H17NO4/c1-11-14-5-3-4-6-15(14)24-18(11)19(21)20-12(2)13-7-8-16-17(9-13)23-10-22-16/h3-9,12H,10H2,1-2H3,(H,20,21)/t12-/m1/s1. The van der Waals surface area contributed by atoms with Crippen LogP contribution in [0.15, 0.2) is 46.9 Å². The molecule has 1 aliphatic heterocycles. The number of para-hydroxylation sites is 1. The number of hydrogen-bond donors (Lipinski definition) is 1. The van der Waals surface area contributed by atoms with E-state index in [9.17, 15) is 4.79 Å². The number of benzene rings is 2. The smallest absolute Gasteiger partial charge is 0.287 e. The third-order valence-electron chi connectivity index (χ3n) is 4.29. The van der Waals surface area contributed by atoms with E-state index in [4.69, 9.17) is 13.9 Å². The number of carbonyl (C=O) groups is 1. The molecule has 0 saturated heterocycles. The molecule has 0 fully saturated rings. The zero-order valence-corrected chi connectivity index (χ0v) is 13.5. The maximum absolute atomic E-state index is 12.6. The summed E-state index contributed by atoms with van der Waals surface area (Å²) in [7, 11) is 0. The second-order valence-corrected chi connectivity index (χ2v) is 5.86. The van der Waals surface area contributed by atoms with Gasteiger partial charge in [-0.15, -0.1) is 0 Å². The number of rotatable bonds is 3. The van der Waals surface area contributed by atoms with Gasteiger partial charge in [-0.25, -0.2) is 0 Å². The van der Waals surface area contributed by atoms with Gasteiger partial charge in [0.25, 0.3) is 5.91 Å². The number of nitrogens with one attached hydrogen (secondary N) is 1. The van der Waals surface area contributed by atoms with E-state index in [-0.39, 0.29) is 18.7 Å². The second kappa shape index (κ2) is 5.60. The highest BCUT2D eigenvalue weighted by Crippen LogP contribution is 2.34. The Hall–Kier alpha value is -2.95. The summed E-state index contributed by atoms with van der Waals surface area (Å²) in [5.41, 5.74) is 2.51. The number of amides is 1. The highest BCUT2D eigenvalue weighted by atomic mass is 16.7. The lowest BCUT2D eigenvalue weighted by atomic mass is 10.1. The lowest BCUT2D eigenvalue weighted by Crippen LogP contribution is -2.26. The van der Waals surface area contributed by atoms with Crippen LogP contribution in [0.5, 0.6) is 11.5 Å². The first-order valence-corrected chi connectivity index (χ1v) is 7.82. The number of carbonyl (C=O) groups excluding carboxylic acids is 1. The summed E-state index contributed by atoms with van der Waals surface area (Å²) >= 11 is 0. The van der Waals surface area contributed by atoms with Crippen molar-refractivity contribution in [1.82, 2.24) is 5.32 Å². The first kappa shape index (κ1) is 14.6. The van der Waals surface area contributed by atoms with Crippen LogP contribution in [0.3, 0.4) is 0 Å². The summed E-state index contributed by atoms with van der Waals surface area (Å²) in [6, 6.07) is 13.1. The topological polar surface area (TPSA) is 60.7 Å². The molecule has 0 unspecified atom stereocenters. The molecule has 0 aliphatic carbocycles. The summed E-state index contributed by atoms with van der Waals surface area (Å²) in [5, 5.41) is 3.93. The van der Waals surface area contributed by atoms with E-state index in [1.54, 1.807) is 0 Å². The predicted octanol–water partition coefficient (Wildman–Crippen LogP) is 3.96. The Bertz CT molecular complexity index is 928.